The molecule has 3 rings (SSSR count). The summed E-state index contributed by atoms with van der Waals surface area (Å²) in [5, 5.41) is 5.08. The molecule has 20 heavy (non-hydrogen) atoms. The van der Waals surface area contributed by atoms with Crippen LogP contribution in [-0.4, -0.2) is 49.0 Å². The molecule has 0 radical (unpaired) electrons. The van der Waals surface area contributed by atoms with Gasteiger partial charge in [-0.3, -0.25) is 4.79 Å². The number of piperazine rings is 1. The number of rotatable bonds is 2. The highest BCUT2D eigenvalue weighted by Crippen LogP contribution is 2.31. The molecule has 6 nitrogen and oxygen atoms in total. The molecule has 1 aromatic rings. The zero-order valence-corrected chi connectivity index (χ0v) is 11.8. The number of nitrogen functional groups attached to an aromatic ring is 1. The number of hydrazine groups is 1. The van der Waals surface area contributed by atoms with Crippen molar-refractivity contribution in [2.45, 2.75) is 12.8 Å². The maximum atomic E-state index is 11.5. The van der Waals surface area contributed by atoms with Crippen molar-refractivity contribution in [1.29, 1.82) is 0 Å². The number of carbonyl (C=O) groups is 1. The van der Waals surface area contributed by atoms with E-state index < -0.39 is 0 Å². The van der Waals surface area contributed by atoms with Crippen LogP contribution in [0.2, 0.25) is 0 Å². The minimum Gasteiger partial charge on any atom is -0.397 e. The van der Waals surface area contributed by atoms with Gasteiger partial charge in [0.25, 0.3) is 0 Å². The van der Waals surface area contributed by atoms with Crippen molar-refractivity contribution >= 4 is 23.0 Å². The molecule has 0 unspecified atom stereocenters. The van der Waals surface area contributed by atoms with Crippen LogP contribution in [0.1, 0.15) is 12.0 Å². The Bertz CT molecular complexity index is 523. The van der Waals surface area contributed by atoms with E-state index in [0.29, 0.717) is 6.42 Å². The molecule has 1 amide bonds. The van der Waals surface area contributed by atoms with E-state index in [0.717, 1.165) is 55.2 Å². The fraction of sp³-hybridized carbons (Fsp3) is 0.500. The van der Waals surface area contributed by atoms with E-state index in [-0.39, 0.29) is 5.91 Å². The lowest BCUT2D eigenvalue weighted by atomic mass is 10.0. The number of nitrogens with two attached hydrogens (primary N) is 1. The number of amides is 1. The number of nitrogens with zero attached hydrogens (tertiary/aromatic N) is 2. The molecular weight excluding hydrogens is 254 g/mol. The average molecular weight is 275 g/mol. The quantitative estimate of drug-likeness (QED) is 0.694. The maximum absolute atomic E-state index is 11.5. The smallest absolute Gasteiger partial charge is 0.224 e. The molecule has 2 aliphatic heterocycles. The summed E-state index contributed by atoms with van der Waals surface area (Å²) in [7, 11) is 2.13. The summed E-state index contributed by atoms with van der Waals surface area (Å²) < 4.78 is 0. The number of carbonyl (C=O) groups excluding carboxylic acids is 1. The van der Waals surface area contributed by atoms with E-state index in [1.807, 2.05) is 12.1 Å². The highest BCUT2D eigenvalue weighted by atomic mass is 16.1. The predicted octanol–water partition coefficient (Wildman–Crippen LogP) is 0.728. The van der Waals surface area contributed by atoms with Crippen LogP contribution in [0.15, 0.2) is 12.1 Å². The summed E-state index contributed by atoms with van der Waals surface area (Å²) in [4.78, 5) is 13.8. The summed E-state index contributed by atoms with van der Waals surface area (Å²) in [5.74, 6) is 0.0767. The van der Waals surface area contributed by atoms with Gasteiger partial charge in [-0.2, -0.15) is 0 Å². The number of aryl methyl sites for hydroxylation is 1. The van der Waals surface area contributed by atoms with Crippen molar-refractivity contribution in [3.8, 4) is 0 Å². The van der Waals surface area contributed by atoms with Gasteiger partial charge in [0.2, 0.25) is 5.91 Å². The van der Waals surface area contributed by atoms with Gasteiger partial charge < -0.3 is 21.4 Å². The van der Waals surface area contributed by atoms with Crippen LogP contribution < -0.4 is 16.5 Å². The minimum absolute atomic E-state index is 0.0767. The Labute approximate surface area is 118 Å². The van der Waals surface area contributed by atoms with Gasteiger partial charge in [-0.15, -0.1) is 0 Å². The molecule has 0 aromatic heterocycles. The molecule has 1 aromatic carbocycles. The largest absolute Gasteiger partial charge is 0.397 e. The third-order valence-corrected chi connectivity index (χ3v) is 3.95. The van der Waals surface area contributed by atoms with Gasteiger partial charge in [0.05, 0.1) is 11.4 Å². The predicted molar refractivity (Wildman–Crippen MR) is 80.5 cm³/mol. The van der Waals surface area contributed by atoms with Crippen LogP contribution in [0, 0.1) is 0 Å². The molecule has 0 aliphatic carbocycles. The summed E-state index contributed by atoms with van der Waals surface area (Å²) in [6, 6.07) is 3.91. The van der Waals surface area contributed by atoms with Gasteiger partial charge in [0.15, 0.2) is 0 Å². The van der Waals surface area contributed by atoms with Gasteiger partial charge >= 0.3 is 0 Å². The second-order valence-electron chi connectivity index (χ2n) is 5.55. The monoisotopic (exact) mass is 275 g/mol. The molecule has 1 fully saturated rings. The van der Waals surface area contributed by atoms with Gasteiger partial charge in [0, 0.05) is 38.3 Å². The van der Waals surface area contributed by atoms with Crippen LogP contribution >= 0.6 is 0 Å². The number of fused-ring (bicyclic) bond motifs is 1. The lowest BCUT2D eigenvalue weighted by Crippen LogP contribution is -2.47. The van der Waals surface area contributed by atoms with Crippen molar-refractivity contribution in [1.82, 2.24) is 9.91 Å². The first-order chi connectivity index (χ1) is 9.61. The Balaban J connectivity index is 1.76. The van der Waals surface area contributed by atoms with E-state index in [2.05, 4.69) is 27.7 Å². The molecule has 1 saturated heterocycles. The molecule has 2 aliphatic rings. The lowest BCUT2D eigenvalue weighted by Gasteiger charge is -2.33. The van der Waals surface area contributed by atoms with Crippen LogP contribution in [0.25, 0.3) is 0 Å². The molecule has 4 N–H and O–H groups in total. The first kappa shape index (κ1) is 13.2. The van der Waals surface area contributed by atoms with Crippen LogP contribution in [0.5, 0.6) is 0 Å². The van der Waals surface area contributed by atoms with E-state index in [4.69, 9.17) is 5.73 Å². The molecule has 0 atom stereocenters. The number of likely N-dealkylation sites (N-methyl/N-ethyl adjacent to an activating group) is 1. The summed E-state index contributed by atoms with van der Waals surface area (Å²) in [6.45, 7) is 3.99. The third kappa shape index (κ3) is 2.71. The number of hydrogen-bond acceptors (Lipinski definition) is 5. The van der Waals surface area contributed by atoms with E-state index in [9.17, 15) is 4.79 Å². The topological polar surface area (TPSA) is 73.6 Å². The minimum atomic E-state index is 0.0767. The van der Waals surface area contributed by atoms with Crippen LogP contribution in [0.3, 0.4) is 0 Å². The lowest BCUT2D eigenvalue weighted by molar-refractivity contribution is -0.116. The van der Waals surface area contributed by atoms with Gasteiger partial charge in [-0.05, 0) is 31.2 Å². The normalized spacial score (nSPS) is 20.4. The number of nitrogens with one attached hydrogen (secondary N) is 2. The van der Waals surface area contributed by atoms with Crippen molar-refractivity contribution in [2.24, 2.45) is 0 Å². The Morgan fingerprint density at radius 1 is 1.20 bits per heavy atom. The van der Waals surface area contributed by atoms with E-state index in [1.165, 1.54) is 0 Å². The highest BCUT2D eigenvalue weighted by molar-refractivity contribution is 5.95. The summed E-state index contributed by atoms with van der Waals surface area (Å²) in [5.41, 5.74) is 13.1. The van der Waals surface area contributed by atoms with Crippen molar-refractivity contribution in [3.05, 3.63) is 17.7 Å². The molecule has 0 spiro atoms. The average Bonchev–Trinajstić information content (AvgIpc) is 2.42. The zero-order chi connectivity index (χ0) is 14.1. The third-order valence-electron chi connectivity index (χ3n) is 3.95. The summed E-state index contributed by atoms with van der Waals surface area (Å²) in [6.07, 6.45) is 1.30. The molecule has 108 valence electrons. The van der Waals surface area contributed by atoms with Gasteiger partial charge in [0.1, 0.15) is 0 Å². The van der Waals surface area contributed by atoms with Gasteiger partial charge in [-0.1, -0.05) is 0 Å². The maximum Gasteiger partial charge on any atom is 0.224 e. The second-order valence-corrected chi connectivity index (χ2v) is 5.55. The van der Waals surface area contributed by atoms with Crippen molar-refractivity contribution in [3.63, 3.8) is 0 Å². The fourth-order valence-electron chi connectivity index (χ4n) is 2.63. The Morgan fingerprint density at radius 2 is 1.95 bits per heavy atom. The Hall–Kier alpha value is -1.79. The number of hydrogen-bond donors (Lipinski definition) is 3. The fourth-order valence-corrected chi connectivity index (χ4v) is 2.63. The molecule has 6 heteroatoms. The molecular formula is C14H21N5O. The zero-order valence-electron chi connectivity index (χ0n) is 11.8. The summed E-state index contributed by atoms with van der Waals surface area (Å²) >= 11 is 0. The SMILES string of the molecule is CN1CCN(Nc2cc3c(cc2N)CCC(=O)N3)CC1. The number of anilines is 3. The van der Waals surface area contributed by atoms with Crippen LogP contribution in [0.4, 0.5) is 17.1 Å². The van der Waals surface area contributed by atoms with Gasteiger partial charge in [-0.25, -0.2) is 5.01 Å². The highest BCUT2D eigenvalue weighted by Gasteiger charge is 2.19. The molecule has 2 heterocycles. The molecule has 0 bridgehead atoms. The Kier molecular flexibility index (Phi) is 3.50. The van der Waals surface area contributed by atoms with E-state index in [1.54, 1.807) is 0 Å². The first-order valence-corrected chi connectivity index (χ1v) is 7.04. The van der Waals surface area contributed by atoms with Crippen molar-refractivity contribution in [2.75, 3.05) is 49.7 Å². The van der Waals surface area contributed by atoms with Crippen molar-refractivity contribution < 1.29 is 4.79 Å². The second kappa shape index (κ2) is 5.30. The van der Waals surface area contributed by atoms with Crippen LogP contribution in [-0.2, 0) is 11.2 Å². The number of benzene rings is 1. The van der Waals surface area contributed by atoms with E-state index >= 15 is 0 Å². The Morgan fingerprint density at radius 3 is 2.70 bits per heavy atom. The molecule has 0 saturated carbocycles. The standard InChI is InChI=1S/C14H21N5O/c1-18-4-6-19(7-5-18)17-13-9-12-10(8-11(13)15)2-3-14(20)16-12/h8-9,17H,2-7,15H2,1H3,(H,16,20). The first-order valence-electron chi connectivity index (χ1n) is 7.04.